The third-order valence-corrected chi connectivity index (χ3v) is 4.55. The number of aldehydes is 1. The highest BCUT2D eigenvalue weighted by atomic mass is 35.5. The highest BCUT2D eigenvalue weighted by molar-refractivity contribution is 6.42. The van der Waals surface area contributed by atoms with Gasteiger partial charge in [-0.15, -0.1) is 0 Å². The van der Waals surface area contributed by atoms with E-state index in [2.05, 4.69) is 0 Å². The summed E-state index contributed by atoms with van der Waals surface area (Å²) in [5.41, 5.74) is 2.42. The maximum Gasteiger partial charge on any atom is 0.227 e. The minimum absolute atomic E-state index is 0.000625. The Hall–Kier alpha value is -1.84. The summed E-state index contributed by atoms with van der Waals surface area (Å²) in [6, 6.07) is 13.0. The molecule has 23 heavy (non-hydrogen) atoms. The van der Waals surface area contributed by atoms with Crippen LogP contribution in [0.15, 0.2) is 42.5 Å². The van der Waals surface area contributed by atoms with Crippen LogP contribution in [0.5, 0.6) is 0 Å². The van der Waals surface area contributed by atoms with Gasteiger partial charge in [-0.2, -0.15) is 0 Å². The smallest absolute Gasteiger partial charge is 0.227 e. The summed E-state index contributed by atoms with van der Waals surface area (Å²) in [6.07, 6.45) is 1.82. The second kappa shape index (κ2) is 8.14. The normalized spacial score (nSPS) is 10.4. The van der Waals surface area contributed by atoms with Crippen molar-refractivity contribution in [1.82, 2.24) is 0 Å². The van der Waals surface area contributed by atoms with Gasteiger partial charge in [-0.25, -0.2) is 0 Å². The highest BCUT2D eigenvalue weighted by Crippen LogP contribution is 2.29. The third-order valence-electron chi connectivity index (χ3n) is 3.71. The molecule has 0 aliphatic heterocycles. The summed E-state index contributed by atoms with van der Waals surface area (Å²) in [6.45, 7) is 0. The maximum absolute atomic E-state index is 12.3. The number of hydrogen-bond acceptors (Lipinski definition) is 2. The molecule has 0 heterocycles. The minimum Gasteiger partial charge on any atom is -0.315 e. The van der Waals surface area contributed by atoms with Gasteiger partial charge in [0.1, 0.15) is 6.29 Å². The maximum atomic E-state index is 12.3. The Kier molecular flexibility index (Phi) is 6.20. The van der Waals surface area contributed by atoms with Crippen molar-refractivity contribution in [2.24, 2.45) is 0 Å². The van der Waals surface area contributed by atoms with Crippen molar-refractivity contribution in [3.8, 4) is 0 Å². The van der Waals surface area contributed by atoms with Crippen LogP contribution in [0.4, 0.5) is 5.69 Å². The predicted molar refractivity (Wildman–Crippen MR) is 94.4 cm³/mol. The molecule has 0 bridgehead atoms. The minimum atomic E-state index is -0.000625. The highest BCUT2D eigenvalue weighted by Gasteiger charge is 2.14. The summed E-state index contributed by atoms with van der Waals surface area (Å²) in [5, 5.41) is 0.806. The number of carbonyl (C=O) groups excluding carboxylic acids is 2. The van der Waals surface area contributed by atoms with Crippen LogP contribution >= 0.6 is 23.2 Å². The van der Waals surface area contributed by atoms with Gasteiger partial charge in [0.2, 0.25) is 5.91 Å². The van der Waals surface area contributed by atoms with E-state index in [1.807, 2.05) is 36.4 Å². The van der Waals surface area contributed by atoms with Gasteiger partial charge in [0, 0.05) is 25.6 Å². The zero-order valence-corrected chi connectivity index (χ0v) is 14.3. The average Bonchev–Trinajstić information content (AvgIpc) is 2.58. The van der Waals surface area contributed by atoms with E-state index >= 15 is 0 Å². The second-order valence-electron chi connectivity index (χ2n) is 5.16. The molecule has 0 radical (unpaired) electrons. The largest absolute Gasteiger partial charge is 0.315 e. The van der Waals surface area contributed by atoms with E-state index in [1.54, 1.807) is 18.0 Å². The Balaban J connectivity index is 2.10. The van der Waals surface area contributed by atoms with E-state index in [1.165, 1.54) is 0 Å². The van der Waals surface area contributed by atoms with Crippen LogP contribution in [0, 0.1) is 0 Å². The van der Waals surface area contributed by atoms with Crippen molar-refractivity contribution >= 4 is 41.1 Å². The average molecular weight is 350 g/mol. The Bertz CT molecular complexity index is 702. The fraction of sp³-hybridized carbons (Fsp3) is 0.222. The molecule has 0 saturated carbocycles. The molecule has 5 heteroatoms. The van der Waals surface area contributed by atoms with Gasteiger partial charge in [-0.3, -0.25) is 4.79 Å². The number of para-hydroxylation sites is 1. The molecule has 0 saturated heterocycles. The zero-order chi connectivity index (χ0) is 16.8. The zero-order valence-electron chi connectivity index (χ0n) is 12.8. The lowest BCUT2D eigenvalue weighted by molar-refractivity contribution is -0.118. The predicted octanol–water partition coefficient (Wildman–Crippen LogP) is 4.33. The topological polar surface area (TPSA) is 37.4 Å². The summed E-state index contributed by atoms with van der Waals surface area (Å²) in [4.78, 5) is 24.8. The van der Waals surface area contributed by atoms with Crippen LogP contribution in [0.2, 0.25) is 10.0 Å². The lowest BCUT2D eigenvalue weighted by atomic mass is 10.0. The van der Waals surface area contributed by atoms with Gasteiger partial charge in [-0.1, -0.05) is 47.5 Å². The molecule has 3 nitrogen and oxygen atoms in total. The number of carbonyl (C=O) groups is 2. The fourth-order valence-corrected chi connectivity index (χ4v) is 2.81. The van der Waals surface area contributed by atoms with Crippen LogP contribution in [0.1, 0.15) is 17.5 Å². The molecule has 0 aromatic heterocycles. The number of hydrogen-bond donors (Lipinski definition) is 0. The van der Waals surface area contributed by atoms with Gasteiger partial charge < -0.3 is 9.69 Å². The first-order chi connectivity index (χ1) is 11.0. The molecule has 0 atom stereocenters. The Morgan fingerprint density at radius 3 is 2.48 bits per heavy atom. The lowest BCUT2D eigenvalue weighted by Crippen LogP contribution is -2.26. The number of benzene rings is 2. The fourth-order valence-electron chi connectivity index (χ4n) is 2.38. The van der Waals surface area contributed by atoms with Crippen molar-refractivity contribution in [3.05, 3.63) is 63.6 Å². The Morgan fingerprint density at radius 2 is 1.83 bits per heavy atom. The van der Waals surface area contributed by atoms with Crippen LogP contribution in [0.25, 0.3) is 0 Å². The van der Waals surface area contributed by atoms with E-state index in [0.29, 0.717) is 28.5 Å². The monoisotopic (exact) mass is 349 g/mol. The Morgan fingerprint density at radius 1 is 1.13 bits per heavy atom. The standard InChI is InChI=1S/C18H17Cl2NO2/c1-21(14-5-3-2-4-6-14)17(23)10-8-13-7-9-16(19)18(20)15(13)11-12-22/h2-7,9,12H,8,10-11H2,1H3. The molecule has 2 aromatic rings. The van der Waals surface area contributed by atoms with Crippen LogP contribution in [-0.4, -0.2) is 19.2 Å². The molecule has 0 fully saturated rings. The van der Waals surface area contributed by atoms with E-state index in [-0.39, 0.29) is 12.3 Å². The van der Waals surface area contributed by atoms with Gasteiger partial charge >= 0.3 is 0 Å². The number of amides is 1. The molecule has 120 valence electrons. The van der Waals surface area contributed by atoms with Gasteiger partial charge in [-0.05, 0) is 35.7 Å². The van der Waals surface area contributed by atoms with Crippen molar-refractivity contribution in [2.75, 3.05) is 11.9 Å². The van der Waals surface area contributed by atoms with E-state index in [9.17, 15) is 9.59 Å². The molecule has 0 unspecified atom stereocenters. The van der Waals surface area contributed by atoms with E-state index < -0.39 is 0 Å². The number of aryl methyl sites for hydroxylation is 1. The molecule has 0 aliphatic carbocycles. The molecule has 1 amide bonds. The first kappa shape index (κ1) is 17.5. The second-order valence-corrected chi connectivity index (χ2v) is 5.94. The molecule has 0 N–H and O–H groups in total. The van der Waals surface area contributed by atoms with E-state index in [0.717, 1.165) is 17.5 Å². The van der Waals surface area contributed by atoms with Gasteiger partial charge in [0.25, 0.3) is 0 Å². The quantitative estimate of drug-likeness (QED) is 0.727. The van der Waals surface area contributed by atoms with Crippen molar-refractivity contribution in [2.45, 2.75) is 19.3 Å². The first-order valence-electron chi connectivity index (χ1n) is 7.25. The third kappa shape index (κ3) is 4.34. The summed E-state index contributed by atoms with van der Waals surface area (Å²) in [7, 11) is 1.75. The summed E-state index contributed by atoms with van der Waals surface area (Å²) in [5.74, 6) is -0.000625. The Labute approximate surface area is 145 Å². The molecular weight excluding hydrogens is 333 g/mol. The van der Waals surface area contributed by atoms with E-state index in [4.69, 9.17) is 23.2 Å². The number of halogens is 2. The van der Waals surface area contributed by atoms with Gasteiger partial charge in [0.15, 0.2) is 0 Å². The molecule has 2 aromatic carbocycles. The number of nitrogens with zero attached hydrogens (tertiary/aromatic N) is 1. The molecule has 2 rings (SSSR count). The summed E-state index contributed by atoms with van der Waals surface area (Å²) >= 11 is 12.2. The first-order valence-corrected chi connectivity index (χ1v) is 8.01. The van der Waals surface area contributed by atoms with Crippen LogP contribution < -0.4 is 4.90 Å². The number of anilines is 1. The van der Waals surface area contributed by atoms with Crippen LogP contribution in [-0.2, 0) is 22.4 Å². The lowest BCUT2D eigenvalue weighted by Gasteiger charge is -2.18. The SMILES string of the molecule is CN(C(=O)CCc1ccc(Cl)c(Cl)c1CC=O)c1ccccc1. The van der Waals surface area contributed by atoms with Crippen molar-refractivity contribution in [1.29, 1.82) is 0 Å². The molecular formula is C18H17Cl2NO2. The summed E-state index contributed by atoms with van der Waals surface area (Å²) < 4.78 is 0. The molecule has 0 spiro atoms. The number of rotatable bonds is 6. The van der Waals surface area contributed by atoms with Gasteiger partial charge in [0.05, 0.1) is 10.0 Å². The molecule has 0 aliphatic rings. The van der Waals surface area contributed by atoms with Crippen molar-refractivity contribution < 1.29 is 9.59 Å². The van der Waals surface area contributed by atoms with Crippen LogP contribution in [0.3, 0.4) is 0 Å². The van der Waals surface area contributed by atoms with Crippen molar-refractivity contribution in [3.63, 3.8) is 0 Å².